The molecule has 0 unspecified atom stereocenters. The van der Waals surface area contributed by atoms with E-state index in [1.807, 2.05) is 13.8 Å². The first-order valence-electron chi connectivity index (χ1n) is 18.1. The molecule has 1 saturated heterocycles. The van der Waals surface area contributed by atoms with Gasteiger partial charge in [-0.3, -0.25) is 14.4 Å². The topological polar surface area (TPSA) is 119 Å². The summed E-state index contributed by atoms with van der Waals surface area (Å²) in [5.74, 6) is -3.92. The molecule has 5 aliphatic rings. The van der Waals surface area contributed by atoms with Crippen molar-refractivity contribution in [3.63, 3.8) is 0 Å². The van der Waals surface area contributed by atoms with Gasteiger partial charge in [-0.25, -0.2) is 0 Å². The molecule has 0 aromatic carbocycles. The Morgan fingerprint density at radius 2 is 1.70 bits per heavy atom. The minimum Gasteiger partial charge on any atom is -0.481 e. The van der Waals surface area contributed by atoms with E-state index in [1.165, 1.54) is 5.57 Å². The summed E-state index contributed by atoms with van der Waals surface area (Å²) in [5, 5.41) is 22.1. The largest absolute Gasteiger partial charge is 0.481 e. The highest BCUT2D eigenvalue weighted by molar-refractivity contribution is 5.91. The summed E-state index contributed by atoms with van der Waals surface area (Å²) in [6.07, 6.45) is 7.77. The minimum absolute atomic E-state index is 0.0728. The Hall–Kier alpha value is -1.93. The van der Waals surface area contributed by atoms with Gasteiger partial charge in [0, 0.05) is 23.2 Å². The Morgan fingerprint density at radius 1 is 1.00 bits per heavy atom. The zero-order valence-corrected chi connectivity index (χ0v) is 29.9. The molecule has 0 spiro atoms. The number of hydrogen-bond acceptors (Lipinski definition) is 7. The van der Waals surface area contributed by atoms with Crippen molar-refractivity contribution in [1.82, 2.24) is 0 Å². The van der Waals surface area contributed by atoms with Crippen molar-refractivity contribution in [2.45, 2.75) is 151 Å². The maximum atomic E-state index is 12.9. The summed E-state index contributed by atoms with van der Waals surface area (Å²) in [7, 11) is 0. The highest BCUT2D eigenvalue weighted by Gasteiger charge is 2.69. The number of allylic oxidation sites excluding steroid dienone is 1. The molecule has 1 heterocycles. The molecule has 0 amide bonds. The van der Waals surface area contributed by atoms with Crippen LogP contribution in [0.15, 0.2) is 11.1 Å². The number of rotatable bonds is 9. The number of hydrogen-bond donors (Lipinski definition) is 2. The molecule has 2 N–H and O–H groups in total. The quantitative estimate of drug-likeness (QED) is 0.115. The molecule has 8 nitrogen and oxygen atoms in total. The lowest BCUT2D eigenvalue weighted by molar-refractivity contribution is -0.286. The number of carbonyl (C=O) groups excluding carboxylic acids is 2. The maximum absolute atomic E-state index is 12.9. The number of unbranched alkanes of at least 4 members (excludes halogenated alkanes) is 1. The van der Waals surface area contributed by atoms with Gasteiger partial charge in [-0.1, -0.05) is 79.9 Å². The molecular formula is C38H60O8. The first kappa shape index (κ1) is 35.4. The van der Waals surface area contributed by atoms with Gasteiger partial charge in [-0.05, 0) is 80.0 Å². The standard InChI is InChI=1S/C38H60O8/c1-10-11-18-44-31(39)20-32(40)45-29-15-16-35(7)27-19-30-37(9)25(22(2)21-38(43,46-30)24(4)23(3)33(41)42)14-17-36(37,8)26(27)12-13-28(35)34(29,5)6/h22-25,28-30,43H,10-21H2,1-9H3,(H,41,42)/t22-,23+,24-,25-,28-,29-,30-,35-,36+,37-,38+/m1/s1. The SMILES string of the molecule is CCCCOC(=O)CC(=O)O[C@@H]1CC[C@]2(C)C3=C(CC[C@@H]2C1(C)C)[C@]1(C)CC[C@@H]2[C@H](C)C[C@@](O)([C@H](C)[C@H](C)C(=O)O)O[C@H](C3)[C@@]21C. The Bertz CT molecular complexity index is 1250. The van der Waals surface area contributed by atoms with Gasteiger partial charge in [0.2, 0.25) is 0 Å². The van der Waals surface area contributed by atoms with Gasteiger partial charge >= 0.3 is 17.9 Å². The Kier molecular flexibility index (Phi) is 9.38. The minimum atomic E-state index is -1.52. The second-order valence-corrected chi connectivity index (χ2v) is 17.1. The van der Waals surface area contributed by atoms with Gasteiger partial charge in [-0.2, -0.15) is 0 Å². The molecule has 3 fully saturated rings. The van der Waals surface area contributed by atoms with Gasteiger partial charge in [-0.15, -0.1) is 0 Å². The third-order valence-corrected chi connectivity index (χ3v) is 14.6. The zero-order chi connectivity index (χ0) is 34.0. The zero-order valence-electron chi connectivity index (χ0n) is 29.9. The second-order valence-electron chi connectivity index (χ2n) is 17.1. The molecule has 8 heteroatoms. The van der Waals surface area contributed by atoms with E-state index in [4.69, 9.17) is 14.2 Å². The van der Waals surface area contributed by atoms with E-state index in [0.29, 0.717) is 25.4 Å². The van der Waals surface area contributed by atoms with Crippen molar-refractivity contribution in [1.29, 1.82) is 0 Å². The van der Waals surface area contributed by atoms with Crippen molar-refractivity contribution >= 4 is 17.9 Å². The number of carboxylic acid groups (broad SMARTS) is 1. The van der Waals surface area contributed by atoms with Gasteiger partial charge in [0.25, 0.3) is 0 Å². The van der Waals surface area contributed by atoms with Crippen LogP contribution in [0.5, 0.6) is 0 Å². The van der Waals surface area contributed by atoms with Gasteiger partial charge < -0.3 is 24.4 Å². The molecule has 5 rings (SSSR count). The highest BCUT2D eigenvalue weighted by Crippen LogP contribution is 2.74. The van der Waals surface area contributed by atoms with E-state index < -0.39 is 35.5 Å². The fourth-order valence-corrected chi connectivity index (χ4v) is 11.5. The van der Waals surface area contributed by atoms with Crippen molar-refractivity contribution in [2.24, 2.45) is 51.2 Å². The van der Waals surface area contributed by atoms with E-state index >= 15 is 0 Å². The molecule has 0 bridgehead atoms. The highest BCUT2D eigenvalue weighted by atomic mass is 16.6. The fraction of sp³-hybridized carbons (Fsp3) is 0.868. The van der Waals surface area contributed by atoms with E-state index in [-0.39, 0.29) is 52.1 Å². The Morgan fingerprint density at radius 3 is 2.35 bits per heavy atom. The lowest BCUT2D eigenvalue weighted by Gasteiger charge is -2.63. The smallest absolute Gasteiger partial charge is 0.317 e. The van der Waals surface area contributed by atoms with Crippen molar-refractivity contribution in [3.05, 3.63) is 11.1 Å². The van der Waals surface area contributed by atoms with Crippen molar-refractivity contribution in [2.75, 3.05) is 6.61 Å². The number of aliphatic carboxylic acids is 1. The van der Waals surface area contributed by atoms with Crippen LogP contribution in [0.2, 0.25) is 0 Å². The second kappa shape index (κ2) is 12.2. The Balaban J connectivity index is 1.44. The summed E-state index contributed by atoms with van der Waals surface area (Å²) < 4.78 is 18.2. The van der Waals surface area contributed by atoms with E-state index in [0.717, 1.165) is 51.4 Å². The first-order chi connectivity index (χ1) is 21.4. The monoisotopic (exact) mass is 644 g/mol. The van der Waals surface area contributed by atoms with E-state index in [9.17, 15) is 24.6 Å². The molecule has 1 aliphatic heterocycles. The Labute approximate surface area is 276 Å². The summed E-state index contributed by atoms with van der Waals surface area (Å²) in [6, 6.07) is 0. The van der Waals surface area contributed by atoms with Gasteiger partial charge in [0.05, 0.1) is 18.6 Å². The predicted octanol–water partition coefficient (Wildman–Crippen LogP) is 7.46. The number of ether oxygens (including phenoxy) is 3. The molecule has 11 atom stereocenters. The van der Waals surface area contributed by atoms with Crippen LogP contribution in [-0.4, -0.2) is 52.7 Å². The fourth-order valence-electron chi connectivity index (χ4n) is 11.5. The summed E-state index contributed by atoms with van der Waals surface area (Å²) >= 11 is 0. The van der Waals surface area contributed by atoms with E-state index in [2.05, 4.69) is 41.5 Å². The third kappa shape index (κ3) is 5.36. The lowest BCUT2D eigenvalue weighted by atomic mass is 9.42. The number of esters is 2. The lowest BCUT2D eigenvalue weighted by Crippen LogP contribution is -2.59. The first-order valence-corrected chi connectivity index (χ1v) is 18.1. The van der Waals surface area contributed by atoms with Gasteiger partial charge in [0.15, 0.2) is 5.79 Å². The molecule has 0 radical (unpaired) electrons. The molecule has 260 valence electrons. The molecule has 46 heavy (non-hydrogen) atoms. The van der Waals surface area contributed by atoms with Crippen LogP contribution in [0.1, 0.15) is 133 Å². The van der Waals surface area contributed by atoms with Crippen LogP contribution in [0.25, 0.3) is 0 Å². The number of aliphatic hydroxyl groups is 1. The normalized spacial score (nSPS) is 42.5. The van der Waals surface area contributed by atoms with Crippen LogP contribution in [0.3, 0.4) is 0 Å². The molecule has 0 aromatic heterocycles. The average molecular weight is 645 g/mol. The van der Waals surface area contributed by atoms with Crippen LogP contribution in [-0.2, 0) is 28.6 Å². The van der Waals surface area contributed by atoms with Crippen LogP contribution in [0.4, 0.5) is 0 Å². The summed E-state index contributed by atoms with van der Waals surface area (Å²) in [4.78, 5) is 37.1. The van der Waals surface area contributed by atoms with Crippen molar-refractivity contribution in [3.8, 4) is 0 Å². The molecule has 2 saturated carbocycles. The third-order valence-electron chi connectivity index (χ3n) is 14.6. The summed E-state index contributed by atoms with van der Waals surface area (Å²) in [6.45, 7) is 19.8. The van der Waals surface area contributed by atoms with Crippen LogP contribution >= 0.6 is 0 Å². The van der Waals surface area contributed by atoms with Crippen LogP contribution < -0.4 is 0 Å². The molecule has 0 aromatic rings. The number of fused-ring (bicyclic) bond motifs is 3. The molecular weight excluding hydrogens is 584 g/mol. The summed E-state index contributed by atoms with van der Waals surface area (Å²) in [5.41, 5.74) is 2.37. The number of carboxylic acids is 1. The number of carbonyl (C=O) groups is 3. The maximum Gasteiger partial charge on any atom is 0.317 e. The van der Waals surface area contributed by atoms with E-state index in [1.54, 1.807) is 12.5 Å². The van der Waals surface area contributed by atoms with Crippen molar-refractivity contribution < 1.29 is 38.8 Å². The van der Waals surface area contributed by atoms with Gasteiger partial charge in [0.1, 0.15) is 12.5 Å². The average Bonchev–Trinajstić information content (AvgIpc) is 3.21. The molecule has 4 aliphatic carbocycles. The predicted molar refractivity (Wildman–Crippen MR) is 174 cm³/mol. The van der Waals surface area contributed by atoms with Crippen LogP contribution in [0, 0.1) is 51.2 Å².